The van der Waals surface area contributed by atoms with Crippen LogP contribution < -0.4 is 9.88 Å². The SMILES string of the molecule is Cc1cc(C)c(Oc2nc(-c3cncc(Cl)c3)cnc2S(N)(=O)=O)c(C)c1Cl. The lowest BCUT2D eigenvalue weighted by atomic mass is 10.1. The van der Waals surface area contributed by atoms with Crippen molar-refractivity contribution in [1.82, 2.24) is 15.0 Å². The average Bonchev–Trinajstić information content (AvgIpc) is 2.62. The Labute approximate surface area is 172 Å². The third-order valence-electron chi connectivity index (χ3n) is 3.99. The highest BCUT2D eigenvalue weighted by atomic mass is 35.5. The van der Waals surface area contributed by atoms with Crippen molar-refractivity contribution in [2.24, 2.45) is 5.14 Å². The van der Waals surface area contributed by atoms with Crippen LogP contribution in [0.1, 0.15) is 16.7 Å². The van der Waals surface area contributed by atoms with Crippen LogP contribution in [0.5, 0.6) is 11.6 Å². The monoisotopic (exact) mass is 438 g/mol. The van der Waals surface area contributed by atoms with Crippen molar-refractivity contribution >= 4 is 33.2 Å². The molecule has 7 nitrogen and oxygen atoms in total. The molecule has 0 radical (unpaired) electrons. The Morgan fingerprint density at radius 3 is 2.39 bits per heavy atom. The van der Waals surface area contributed by atoms with E-state index in [9.17, 15) is 8.42 Å². The van der Waals surface area contributed by atoms with E-state index < -0.39 is 15.0 Å². The predicted molar refractivity (Wildman–Crippen MR) is 107 cm³/mol. The second-order valence-corrected chi connectivity index (χ2v) is 8.47. The van der Waals surface area contributed by atoms with Crippen molar-refractivity contribution in [2.45, 2.75) is 25.8 Å². The fourth-order valence-corrected chi connectivity index (χ4v) is 3.56. The van der Waals surface area contributed by atoms with E-state index in [0.717, 1.165) is 11.1 Å². The zero-order chi connectivity index (χ0) is 20.6. The Morgan fingerprint density at radius 2 is 1.75 bits per heavy atom. The second-order valence-electron chi connectivity index (χ2n) is 6.18. The van der Waals surface area contributed by atoms with Gasteiger partial charge in [-0.25, -0.2) is 23.5 Å². The Kier molecular flexibility index (Phi) is 5.58. The maximum atomic E-state index is 12.0. The standard InChI is InChI=1S/C18H16Cl2N4O3S/c1-9-4-10(2)16(11(3)15(9)20)27-17-18(28(21,25)26)23-8-14(24-17)12-5-13(19)7-22-6-12/h4-8H,1-3H3,(H2,21,25,26). The molecule has 0 spiro atoms. The number of ether oxygens (including phenoxy) is 1. The van der Waals surface area contributed by atoms with E-state index in [4.69, 9.17) is 33.1 Å². The number of aryl methyl sites for hydroxylation is 2. The third kappa shape index (κ3) is 4.10. The van der Waals surface area contributed by atoms with Crippen LogP contribution >= 0.6 is 23.2 Å². The Balaban J connectivity index is 2.19. The molecule has 2 N–H and O–H groups in total. The first-order valence-corrected chi connectivity index (χ1v) is 10.3. The minimum absolute atomic E-state index is 0.258. The summed E-state index contributed by atoms with van der Waals surface area (Å²) in [5.41, 5.74) is 3.15. The van der Waals surface area contributed by atoms with Gasteiger partial charge in [0.1, 0.15) is 5.75 Å². The largest absolute Gasteiger partial charge is 0.436 e. The van der Waals surface area contributed by atoms with Crippen LogP contribution in [0.2, 0.25) is 10.0 Å². The molecule has 0 aliphatic rings. The first kappa shape index (κ1) is 20.5. The summed E-state index contributed by atoms with van der Waals surface area (Å²) in [5.74, 6) is 0.127. The molecule has 2 heterocycles. The molecule has 3 rings (SSSR count). The van der Waals surface area contributed by atoms with Crippen LogP contribution in [0.4, 0.5) is 0 Å². The molecule has 0 aliphatic heterocycles. The highest BCUT2D eigenvalue weighted by molar-refractivity contribution is 7.89. The normalized spacial score (nSPS) is 11.5. The molecule has 1 aromatic carbocycles. The predicted octanol–water partition coefficient (Wildman–Crippen LogP) is 4.21. The van der Waals surface area contributed by atoms with Gasteiger partial charge in [0.2, 0.25) is 5.03 Å². The molecule has 146 valence electrons. The summed E-state index contributed by atoms with van der Waals surface area (Å²) in [7, 11) is -4.18. The molecule has 0 saturated carbocycles. The molecule has 2 aromatic heterocycles. The molecule has 0 aliphatic carbocycles. The summed E-state index contributed by atoms with van der Waals surface area (Å²) in [6.45, 7) is 5.46. The van der Waals surface area contributed by atoms with E-state index in [1.54, 1.807) is 13.0 Å². The van der Waals surface area contributed by atoms with Gasteiger partial charge in [-0.1, -0.05) is 29.3 Å². The van der Waals surface area contributed by atoms with Gasteiger partial charge < -0.3 is 4.74 Å². The summed E-state index contributed by atoms with van der Waals surface area (Å²) >= 11 is 12.3. The molecule has 10 heteroatoms. The fraction of sp³-hybridized carbons (Fsp3) is 0.167. The van der Waals surface area contributed by atoms with E-state index >= 15 is 0 Å². The Morgan fingerprint density at radius 1 is 1.04 bits per heavy atom. The molecule has 0 amide bonds. The molecule has 0 atom stereocenters. The quantitative estimate of drug-likeness (QED) is 0.653. The number of nitrogens with two attached hydrogens (primary N) is 1. The molecule has 0 saturated heterocycles. The van der Waals surface area contributed by atoms with Crippen molar-refractivity contribution in [1.29, 1.82) is 0 Å². The highest BCUT2D eigenvalue weighted by Crippen LogP contribution is 2.36. The minimum atomic E-state index is -4.18. The van der Waals surface area contributed by atoms with Crippen LogP contribution in [0.3, 0.4) is 0 Å². The number of nitrogens with zero attached hydrogens (tertiary/aromatic N) is 3. The lowest BCUT2D eigenvalue weighted by molar-refractivity contribution is 0.435. The molecule has 0 fully saturated rings. The number of hydrogen-bond donors (Lipinski definition) is 1. The number of aromatic nitrogens is 3. The number of halogens is 2. The van der Waals surface area contributed by atoms with E-state index in [1.165, 1.54) is 18.6 Å². The van der Waals surface area contributed by atoms with Gasteiger partial charge in [-0.2, -0.15) is 0 Å². The third-order valence-corrected chi connectivity index (χ3v) is 5.59. The van der Waals surface area contributed by atoms with Gasteiger partial charge in [0.25, 0.3) is 15.9 Å². The minimum Gasteiger partial charge on any atom is -0.436 e. The zero-order valence-corrected chi connectivity index (χ0v) is 17.5. The van der Waals surface area contributed by atoms with Gasteiger partial charge >= 0.3 is 0 Å². The number of benzene rings is 1. The van der Waals surface area contributed by atoms with Crippen LogP contribution in [0, 0.1) is 20.8 Å². The number of hydrogen-bond acceptors (Lipinski definition) is 6. The number of rotatable bonds is 4. The topological polar surface area (TPSA) is 108 Å². The molecule has 3 aromatic rings. The van der Waals surface area contributed by atoms with Gasteiger partial charge in [-0.05, 0) is 38.0 Å². The van der Waals surface area contributed by atoms with E-state index in [2.05, 4.69) is 15.0 Å². The maximum Gasteiger partial charge on any atom is 0.261 e. The smallest absolute Gasteiger partial charge is 0.261 e. The first-order valence-electron chi connectivity index (χ1n) is 8.03. The van der Waals surface area contributed by atoms with Crippen LogP contribution in [-0.4, -0.2) is 23.4 Å². The maximum absolute atomic E-state index is 12.0. The van der Waals surface area contributed by atoms with Gasteiger partial charge in [0.05, 0.1) is 21.9 Å². The lowest BCUT2D eigenvalue weighted by Gasteiger charge is -2.16. The van der Waals surface area contributed by atoms with Crippen LogP contribution in [0.15, 0.2) is 35.7 Å². The molecular weight excluding hydrogens is 423 g/mol. The fourth-order valence-electron chi connectivity index (χ4n) is 2.71. The van der Waals surface area contributed by atoms with Gasteiger partial charge in [-0.15, -0.1) is 0 Å². The zero-order valence-electron chi connectivity index (χ0n) is 15.2. The summed E-state index contributed by atoms with van der Waals surface area (Å²) in [4.78, 5) is 12.2. The van der Waals surface area contributed by atoms with E-state index in [0.29, 0.717) is 32.6 Å². The lowest BCUT2D eigenvalue weighted by Crippen LogP contribution is -2.16. The second kappa shape index (κ2) is 7.63. The van der Waals surface area contributed by atoms with Gasteiger partial charge in [0, 0.05) is 23.5 Å². The number of primary sulfonamides is 1. The summed E-state index contributed by atoms with van der Waals surface area (Å²) in [5, 5.41) is 5.71. The number of pyridine rings is 1. The van der Waals surface area contributed by atoms with Gasteiger partial charge in [0.15, 0.2) is 0 Å². The van der Waals surface area contributed by atoms with Crippen molar-refractivity contribution in [3.05, 3.63) is 57.5 Å². The Bertz CT molecular complexity index is 1180. The molecule has 0 bridgehead atoms. The van der Waals surface area contributed by atoms with Crippen LogP contribution in [-0.2, 0) is 10.0 Å². The molecule has 28 heavy (non-hydrogen) atoms. The molecule has 0 unspecified atom stereocenters. The summed E-state index contributed by atoms with van der Waals surface area (Å²) < 4.78 is 29.8. The summed E-state index contributed by atoms with van der Waals surface area (Å²) in [6.07, 6.45) is 4.26. The Hall–Kier alpha value is -2.26. The van der Waals surface area contributed by atoms with Crippen molar-refractivity contribution in [3.63, 3.8) is 0 Å². The summed E-state index contributed by atoms with van der Waals surface area (Å²) in [6, 6.07) is 3.46. The molecular formula is C18H16Cl2N4O3S. The van der Waals surface area contributed by atoms with Gasteiger partial charge in [-0.3, -0.25) is 4.98 Å². The van der Waals surface area contributed by atoms with Crippen LogP contribution in [0.25, 0.3) is 11.3 Å². The van der Waals surface area contributed by atoms with E-state index in [-0.39, 0.29) is 5.88 Å². The number of sulfonamides is 1. The first-order chi connectivity index (χ1) is 13.1. The average molecular weight is 439 g/mol. The van der Waals surface area contributed by atoms with E-state index in [1.807, 2.05) is 19.9 Å². The van der Waals surface area contributed by atoms with Crippen molar-refractivity contribution in [2.75, 3.05) is 0 Å². The van der Waals surface area contributed by atoms with Crippen molar-refractivity contribution < 1.29 is 13.2 Å². The highest BCUT2D eigenvalue weighted by Gasteiger charge is 2.23. The van der Waals surface area contributed by atoms with Crippen molar-refractivity contribution in [3.8, 4) is 22.9 Å².